The number of amides is 1. The summed E-state index contributed by atoms with van der Waals surface area (Å²) in [5.41, 5.74) is 0.504. The SMILES string of the molecule is COc1ccc(OC)c(C(=O)NCCCN2CCNCC2)c1. The summed E-state index contributed by atoms with van der Waals surface area (Å²) in [6, 6.07) is 5.22. The van der Waals surface area contributed by atoms with Crippen LogP contribution in [0, 0.1) is 0 Å². The lowest BCUT2D eigenvalue weighted by atomic mass is 10.1. The highest BCUT2D eigenvalue weighted by Gasteiger charge is 2.14. The van der Waals surface area contributed by atoms with Crippen molar-refractivity contribution in [2.75, 3.05) is 53.5 Å². The number of hydrogen-bond acceptors (Lipinski definition) is 5. The average Bonchev–Trinajstić information content (AvgIpc) is 2.58. The molecule has 1 saturated heterocycles. The Labute approximate surface area is 131 Å². The second kappa shape index (κ2) is 8.60. The molecule has 1 fully saturated rings. The zero-order valence-corrected chi connectivity index (χ0v) is 13.4. The first kappa shape index (κ1) is 16.6. The monoisotopic (exact) mass is 307 g/mol. The Morgan fingerprint density at radius 2 is 2.05 bits per heavy atom. The van der Waals surface area contributed by atoms with Gasteiger partial charge in [0, 0.05) is 32.7 Å². The van der Waals surface area contributed by atoms with Crippen molar-refractivity contribution in [3.63, 3.8) is 0 Å². The Morgan fingerprint density at radius 1 is 1.27 bits per heavy atom. The van der Waals surface area contributed by atoms with Gasteiger partial charge in [-0.2, -0.15) is 0 Å². The van der Waals surface area contributed by atoms with Gasteiger partial charge in [-0.05, 0) is 31.2 Å². The number of carbonyl (C=O) groups excluding carboxylic acids is 1. The standard InChI is InChI=1S/C16H25N3O3/c1-21-13-4-5-15(22-2)14(12-13)16(20)18-6-3-9-19-10-7-17-8-11-19/h4-5,12,17H,3,6-11H2,1-2H3,(H,18,20). The van der Waals surface area contributed by atoms with Crippen molar-refractivity contribution >= 4 is 5.91 Å². The van der Waals surface area contributed by atoms with E-state index in [1.165, 1.54) is 0 Å². The normalized spacial score (nSPS) is 15.4. The minimum absolute atomic E-state index is 0.129. The molecule has 0 aromatic heterocycles. The molecule has 122 valence electrons. The van der Waals surface area contributed by atoms with E-state index in [9.17, 15) is 4.79 Å². The molecule has 0 saturated carbocycles. The van der Waals surface area contributed by atoms with Crippen molar-refractivity contribution < 1.29 is 14.3 Å². The van der Waals surface area contributed by atoms with Gasteiger partial charge in [0.15, 0.2) is 0 Å². The molecule has 1 amide bonds. The number of ether oxygens (including phenoxy) is 2. The molecule has 2 rings (SSSR count). The molecule has 0 radical (unpaired) electrons. The highest BCUT2D eigenvalue weighted by atomic mass is 16.5. The van der Waals surface area contributed by atoms with Crippen LogP contribution in [0.25, 0.3) is 0 Å². The maximum absolute atomic E-state index is 12.3. The summed E-state index contributed by atoms with van der Waals surface area (Å²) < 4.78 is 10.4. The van der Waals surface area contributed by atoms with E-state index in [0.717, 1.165) is 39.1 Å². The third-order valence-electron chi connectivity index (χ3n) is 3.80. The highest BCUT2D eigenvalue weighted by Crippen LogP contribution is 2.23. The van der Waals surface area contributed by atoms with Crippen LogP contribution in [0.2, 0.25) is 0 Å². The molecule has 1 aliphatic rings. The minimum atomic E-state index is -0.129. The molecule has 6 heteroatoms. The Hall–Kier alpha value is -1.79. The lowest BCUT2D eigenvalue weighted by Gasteiger charge is -2.27. The van der Waals surface area contributed by atoms with Gasteiger partial charge < -0.3 is 25.0 Å². The summed E-state index contributed by atoms with van der Waals surface area (Å²) in [7, 11) is 3.14. The zero-order valence-electron chi connectivity index (χ0n) is 13.4. The quantitative estimate of drug-likeness (QED) is 0.727. The van der Waals surface area contributed by atoms with Crippen molar-refractivity contribution in [1.29, 1.82) is 0 Å². The molecule has 1 heterocycles. The lowest BCUT2D eigenvalue weighted by molar-refractivity contribution is 0.0948. The zero-order chi connectivity index (χ0) is 15.8. The number of methoxy groups -OCH3 is 2. The fourth-order valence-corrected chi connectivity index (χ4v) is 2.53. The van der Waals surface area contributed by atoms with Crippen LogP contribution < -0.4 is 20.1 Å². The van der Waals surface area contributed by atoms with Crippen LogP contribution >= 0.6 is 0 Å². The molecule has 0 unspecified atom stereocenters. The van der Waals surface area contributed by atoms with Crippen LogP contribution in [0.5, 0.6) is 11.5 Å². The van der Waals surface area contributed by atoms with Crippen molar-refractivity contribution in [3.8, 4) is 11.5 Å². The van der Waals surface area contributed by atoms with Gasteiger partial charge >= 0.3 is 0 Å². The summed E-state index contributed by atoms with van der Waals surface area (Å²) in [5.74, 6) is 1.07. The lowest BCUT2D eigenvalue weighted by Crippen LogP contribution is -2.44. The van der Waals surface area contributed by atoms with E-state index < -0.39 is 0 Å². The van der Waals surface area contributed by atoms with Crippen LogP contribution in [-0.2, 0) is 0 Å². The maximum atomic E-state index is 12.3. The summed E-state index contributed by atoms with van der Waals surface area (Å²) in [6.07, 6.45) is 0.942. The molecule has 0 aliphatic carbocycles. The number of hydrogen-bond donors (Lipinski definition) is 2. The van der Waals surface area contributed by atoms with Gasteiger partial charge in [-0.3, -0.25) is 4.79 Å². The van der Waals surface area contributed by atoms with Gasteiger partial charge in [0.25, 0.3) is 5.91 Å². The Morgan fingerprint density at radius 3 is 2.73 bits per heavy atom. The smallest absolute Gasteiger partial charge is 0.255 e. The molecule has 1 aromatic rings. The summed E-state index contributed by atoms with van der Waals surface area (Å²) >= 11 is 0. The molecule has 0 bridgehead atoms. The van der Waals surface area contributed by atoms with Gasteiger partial charge in [-0.25, -0.2) is 0 Å². The molecule has 1 aromatic carbocycles. The summed E-state index contributed by atoms with van der Waals surface area (Å²) in [4.78, 5) is 14.7. The number of nitrogens with zero attached hydrogens (tertiary/aromatic N) is 1. The van der Waals surface area contributed by atoms with E-state index >= 15 is 0 Å². The first-order valence-electron chi connectivity index (χ1n) is 7.68. The fraction of sp³-hybridized carbons (Fsp3) is 0.562. The number of rotatable bonds is 7. The molecule has 1 aliphatic heterocycles. The number of nitrogens with one attached hydrogen (secondary N) is 2. The average molecular weight is 307 g/mol. The molecule has 2 N–H and O–H groups in total. The molecule has 22 heavy (non-hydrogen) atoms. The number of benzene rings is 1. The molecular weight excluding hydrogens is 282 g/mol. The predicted molar refractivity (Wildman–Crippen MR) is 85.8 cm³/mol. The Kier molecular flexibility index (Phi) is 6.48. The van der Waals surface area contributed by atoms with Crippen LogP contribution in [0.15, 0.2) is 18.2 Å². The second-order valence-corrected chi connectivity index (χ2v) is 5.27. The van der Waals surface area contributed by atoms with Crippen LogP contribution in [0.3, 0.4) is 0 Å². The van der Waals surface area contributed by atoms with Gasteiger partial charge in [0.2, 0.25) is 0 Å². The van der Waals surface area contributed by atoms with Crippen molar-refractivity contribution in [1.82, 2.24) is 15.5 Å². The third kappa shape index (κ3) is 4.61. The molecule has 0 atom stereocenters. The summed E-state index contributed by atoms with van der Waals surface area (Å²) in [5, 5.41) is 6.28. The Bertz CT molecular complexity index is 488. The maximum Gasteiger partial charge on any atom is 0.255 e. The van der Waals surface area contributed by atoms with E-state index in [-0.39, 0.29) is 5.91 Å². The van der Waals surface area contributed by atoms with Crippen LogP contribution in [0.1, 0.15) is 16.8 Å². The Balaban J connectivity index is 1.81. The van der Waals surface area contributed by atoms with Gasteiger partial charge in [0.1, 0.15) is 11.5 Å². The first-order valence-corrected chi connectivity index (χ1v) is 7.68. The molecular formula is C16H25N3O3. The van der Waals surface area contributed by atoms with E-state index in [4.69, 9.17) is 9.47 Å². The second-order valence-electron chi connectivity index (χ2n) is 5.27. The van der Waals surface area contributed by atoms with Crippen LogP contribution in [-0.4, -0.2) is 64.3 Å². The highest BCUT2D eigenvalue weighted by molar-refractivity contribution is 5.97. The topological polar surface area (TPSA) is 62.8 Å². The molecule has 6 nitrogen and oxygen atoms in total. The van der Waals surface area contributed by atoms with E-state index in [1.807, 2.05) is 0 Å². The van der Waals surface area contributed by atoms with Crippen LogP contribution in [0.4, 0.5) is 0 Å². The van der Waals surface area contributed by atoms with Gasteiger partial charge in [-0.15, -0.1) is 0 Å². The van der Waals surface area contributed by atoms with E-state index in [1.54, 1.807) is 32.4 Å². The predicted octanol–water partition coefficient (Wildman–Crippen LogP) is 0.729. The van der Waals surface area contributed by atoms with E-state index in [0.29, 0.717) is 23.6 Å². The largest absolute Gasteiger partial charge is 0.497 e. The minimum Gasteiger partial charge on any atom is -0.497 e. The first-order chi connectivity index (χ1) is 10.7. The molecule has 0 spiro atoms. The van der Waals surface area contributed by atoms with Gasteiger partial charge in [0.05, 0.1) is 19.8 Å². The van der Waals surface area contributed by atoms with Crippen molar-refractivity contribution in [2.24, 2.45) is 0 Å². The number of carbonyl (C=O) groups is 1. The van der Waals surface area contributed by atoms with E-state index in [2.05, 4.69) is 15.5 Å². The number of piperazine rings is 1. The third-order valence-corrected chi connectivity index (χ3v) is 3.80. The van der Waals surface area contributed by atoms with Crippen molar-refractivity contribution in [2.45, 2.75) is 6.42 Å². The van der Waals surface area contributed by atoms with Gasteiger partial charge in [-0.1, -0.05) is 0 Å². The summed E-state index contributed by atoms with van der Waals surface area (Å²) in [6.45, 7) is 5.93. The fourth-order valence-electron chi connectivity index (χ4n) is 2.53. The van der Waals surface area contributed by atoms with Crippen molar-refractivity contribution in [3.05, 3.63) is 23.8 Å².